The van der Waals surface area contributed by atoms with Crippen LogP contribution in [0.1, 0.15) is 112 Å². The molecule has 2 spiro atoms. The van der Waals surface area contributed by atoms with Gasteiger partial charge in [0.1, 0.15) is 6.29 Å². The lowest BCUT2D eigenvalue weighted by atomic mass is 9.41. The molecule has 5 aliphatic carbocycles. The van der Waals surface area contributed by atoms with Crippen molar-refractivity contribution in [2.24, 2.45) is 50.7 Å². The maximum absolute atomic E-state index is 11.0. The first-order chi connectivity index (χ1) is 15.0. The van der Waals surface area contributed by atoms with Crippen LogP contribution in [0.2, 0.25) is 0 Å². The summed E-state index contributed by atoms with van der Waals surface area (Å²) in [5.74, 6) is 3.18. The molecule has 1 N–H and O–H groups in total. The molecule has 0 amide bonds. The molecule has 0 aromatic carbocycles. The van der Waals surface area contributed by atoms with E-state index < -0.39 is 0 Å². The number of allylic oxidation sites excluding steroid dienone is 2. The third-order valence-corrected chi connectivity index (χ3v) is 13.1. The van der Waals surface area contributed by atoms with Crippen molar-refractivity contribution in [3.05, 3.63) is 11.6 Å². The van der Waals surface area contributed by atoms with Gasteiger partial charge in [0.05, 0.1) is 6.10 Å². The number of carbonyl (C=O) groups excluding carboxylic acids is 1. The number of fused-ring (bicyclic) bond motifs is 2. The Kier molecular flexibility index (Phi) is 5.20. The first kappa shape index (κ1) is 23.1. The molecule has 180 valence electrons. The largest absolute Gasteiger partial charge is 0.393 e. The van der Waals surface area contributed by atoms with E-state index in [1.54, 1.807) is 0 Å². The summed E-state index contributed by atoms with van der Waals surface area (Å²) in [5.41, 5.74) is 3.05. The number of hydrogen-bond acceptors (Lipinski definition) is 2. The number of aliphatic hydroxyl groups excluding tert-OH is 1. The molecule has 5 rings (SSSR count). The Labute approximate surface area is 197 Å². The number of aldehydes is 1. The Balaban J connectivity index is 1.39. The third-order valence-electron chi connectivity index (χ3n) is 13.1. The number of aliphatic hydroxyl groups is 1. The van der Waals surface area contributed by atoms with Crippen molar-refractivity contribution in [1.29, 1.82) is 0 Å². The Bertz CT molecular complexity index is 812. The van der Waals surface area contributed by atoms with Crippen LogP contribution in [0.4, 0.5) is 0 Å². The summed E-state index contributed by atoms with van der Waals surface area (Å²) in [4.78, 5) is 11.0. The van der Waals surface area contributed by atoms with Gasteiger partial charge < -0.3 is 5.11 Å². The maximum Gasteiger partial charge on any atom is 0.145 e. The van der Waals surface area contributed by atoms with Crippen molar-refractivity contribution in [2.45, 2.75) is 118 Å². The second kappa shape index (κ2) is 7.19. The molecule has 0 saturated heterocycles. The SMILES string of the molecule is C/C(C=O)=C\CC[C@@H](C)[C@H]1CC[C@@]2(C)[C@@H]3CC[C@H]4C(C)(C)[C@H](O)CC[C@]45C[C@]35CC[C@@]12C. The minimum absolute atomic E-state index is 0.0915. The van der Waals surface area contributed by atoms with Crippen molar-refractivity contribution < 1.29 is 9.90 Å². The summed E-state index contributed by atoms with van der Waals surface area (Å²) < 4.78 is 0. The van der Waals surface area contributed by atoms with Crippen molar-refractivity contribution in [2.75, 3.05) is 0 Å². The lowest BCUT2D eigenvalue weighted by Crippen LogP contribution is -2.57. The van der Waals surface area contributed by atoms with Crippen LogP contribution in [0.15, 0.2) is 11.6 Å². The highest BCUT2D eigenvalue weighted by Gasteiger charge is 2.82. The normalized spacial score (nSPS) is 52.3. The predicted molar refractivity (Wildman–Crippen MR) is 131 cm³/mol. The molecule has 0 unspecified atom stereocenters. The minimum Gasteiger partial charge on any atom is -0.393 e. The van der Waals surface area contributed by atoms with Crippen molar-refractivity contribution >= 4 is 6.29 Å². The van der Waals surface area contributed by atoms with Crippen molar-refractivity contribution in [3.8, 4) is 0 Å². The predicted octanol–water partition coefficient (Wildman–Crippen LogP) is 7.35. The molecule has 0 radical (unpaired) electrons. The van der Waals surface area contributed by atoms with E-state index >= 15 is 0 Å². The van der Waals surface area contributed by atoms with E-state index in [0.29, 0.717) is 21.7 Å². The first-order valence-electron chi connectivity index (χ1n) is 13.8. The van der Waals surface area contributed by atoms with Crippen molar-refractivity contribution in [1.82, 2.24) is 0 Å². The Morgan fingerprint density at radius 1 is 0.938 bits per heavy atom. The molecule has 5 saturated carbocycles. The van der Waals surface area contributed by atoms with E-state index in [9.17, 15) is 9.90 Å². The van der Waals surface area contributed by atoms with Gasteiger partial charge in [-0.15, -0.1) is 0 Å². The lowest BCUT2D eigenvalue weighted by molar-refractivity contribution is -0.161. The summed E-state index contributed by atoms with van der Waals surface area (Å²) in [6.45, 7) is 14.6. The average Bonchev–Trinajstić information content (AvgIpc) is 3.33. The lowest BCUT2D eigenvalue weighted by Gasteiger charge is -2.63. The Morgan fingerprint density at radius 3 is 2.34 bits per heavy atom. The van der Waals surface area contributed by atoms with Crippen LogP contribution in [0.25, 0.3) is 0 Å². The monoisotopic (exact) mass is 440 g/mol. The maximum atomic E-state index is 11.0. The van der Waals surface area contributed by atoms with Crippen LogP contribution < -0.4 is 0 Å². The quantitative estimate of drug-likeness (QED) is 0.358. The molecule has 5 aliphatic rings. The topological polar surface area (TPSA) is 37.3 Å². The highest BCUT2D eigenvalue weighted by Crippen LogP contribution is 2.89. The van der Waals surface area contributed by atoms with Crippen LogP contribution in [-0.4, -0.2) is 17.5 Å². The van der Waals surface area contributed by atoms with Gasteiger partial charge in [-0.25, -0.2) is 0 Å². The molecular formula is C30H48O2. The van der Waals surface area contributed by atoms with Crippen LogP contribution in [0.5, 0.6) is 0 Å². The molecule has 0 aliphatic heterocycles. The number of carbonyl (C=O) groups is 1. The highest BCUT2D eigenvalue weighted by atomic mass is 16.3. The number of hydrogen-bond donors (Lipinski definition) is 1. The van der Waals surface area contributed by atoms with E-state index in [1.165, 1.54) is 57.8 Å². The van der Waals surface area contributed by atoms with Gasteiger partial charge in [-0.1, -0.05) is 40.7 Å². The molecule has 5 fully saturated rings. The Hall–Kier alpha value is -0.630. The van der Waals surface area contributed by atoms with E-state index in [0.717, 1.165) is 48.4 Å². The van der Waals surface area contributed by atoms with Crippen molar-refractivity contribution in [3.63, 3.8) is 0 Å². The molecule has 32 heavy (non-hydrogen) atoms. The summed E-state index contributed by atoms with van der Waals surface area (Å²) in [6.07, 6.45) is 17.5. The molecule has 0 aromatic heterocycles. The van der Waals surface area contributed by atoms with Crippen LogP contribution in [-0.2, 0) is 4.79 Å². The van der Waals surface area contributed by atoms with Crippen LogP contribution >= 0.6 is 0 Å². The van der Waals surface area contributed by atoms with Gasteiger partial charge in [-0.2, -0.15) is 0 Å². The second-order valence-electron chi connectivity index (χ2n) is 14.1. The summed E-state index contributed by atoms with van der Waals surface area (Å²) in [7, 11) is 0. The molecule has 0 aromatic rings. The Morgan fingerprint density at radius 2 is 1.62 bits per heavy atom. The molecule has 2 heteroatoms. The van der Waals surface area contributed by atoms with E-state index in [2.05, 4.69) is 40.7 Å². The first-order valence-corrected chi connectivity index (χ1v) is 13.8. The van der Waals surface area contributed by atoms with Gasteiger partial charge in [0.15, 0.2) is 0 Å². The second-order valence-corrected chi connectivity index (χ2v) is 14.1. The smallest absolute Gasteiger partial charge is 0.145 e. The fraction of sp³-hybridized carbons (Fsp3) is 0.900. The van der Waals surface area contributed by atoms with Gasteiger partial charge in [0.2, 0.25) is 0 Å². The zero-order valence-electron chi connectivity index (χ0n) is 21.7. The fourth-order valence-corrected chi connectivity index (χ4v) is 11.1. The van der Waals surface area contributed by atoms with Gasteiger partial charge in [-0.05, 0) is 134 Å². The van der Waals surface area contributed by atoms with Crippen LogP contribution in [0.3, 0.4) is 0 Å². The average molecular weight is 441 g/mol. The molecule has 9 atom stereocenters. The summed E-state index contributed by atoms with van der Waals surface area (Å²) in [5, 5.41) is 10.8. The summed E-state index contributed by atoms with van der Waals surface area (Å²) >= 11 is 0. The highest BCUT2D eigenvalue weighted by molar-refractivity contribution is 5.71. The van der Waals surface area contributed by atoms with Gasteiger partial charge >= 0.3 is 0 Å². The zero-order chi connectivity index (χ0) is 23.2. The van der Waals surface area contributed by atoms with Crippen LogP contribution in [0, 0.1) is 50.7 Å². The van der Waals surface area contributed by atoms with E-state index in [1.807, 2.05) is 6.92 Å². The van der Waals surface area contributed by atoms with E-state index in [-0.39, 0.29) is 11.5 Å². The zero-order valence-corrected chi connectivity index (χ0v) is 21.7. The standard InChI is InChI=1S/C30H48O2/c1-20(18-31)8-7-9-21(2)22-12-14-28(6)24-11-10-23-26(3,4)25(32)13-15-29(23)19-30(24,29)17-16-27(22,28)5/h8,18,21-25,32H,7,9-17,19H2,1-6H3/b20-8+/t21-,22-,23+,24+,25-,27+,28+,29+,30-/m1/s1. The number of rotatable bonds is 5. The molecule has 0 heterocycles. The summed E-state index contributed by atoms with van der Waals surface area (Å²) in [6, 6.07) is 0. The molecule has 0 bridgehead atoms. The molecular weight excluding hydrogens is 392 g/mol. The van der Waals surface area contributed by atoms with Gasteiger partial charge in [-0.3, -0.25) is 4.79 Å². The van der Waals surface area contributed by atoms with Gasteiger partial charge in [0.25, 0.3) is 0 Å². The third kappa shape index (κ3) is 2.71. The fourth-order valence-electron chi connectivity index (χ4n) is 11.1. The minimum atomic E-state index is -0.106. The van der Waals surface area contributed by atoms with E-state index in [4.69, 9.17) is 0 Å². The van der Waals surface area contributed by atoms with Gasteiger partial charge in [0, 0.05) is 0 Å². The molecule has 2 nitrogen and oxygen atoms in total.